The lowest BCUT2D eigenvalue weighted by molar-refractivity contribution is 0.144. The predicted molar refractivity (Wildman–Crippen MR) is 82.2 cm³/mol. The van der Waals surface area contributed by atoms with Gasteiger partial charge < -0.3 is 15.7 Å². The number of halogens is 1. The molecule has 0 saturated carbocycles. The quantitative estimate of drug-likeness (QED) is 0.798. The molecule has 0 radical (unpaired) electrons. The number of hydrogen-bond donors (Lipinski definition) is 3. The maximum absolute atomic E-state index is 13.1. The van der Waals surface area contributed by atoms with Crippen LogP contribution in [-0.2, 0) is 6.42 Å². The molecule has 2 atom stereocenters. The fourth-order valence-corrected chi connectivity index (χ4v) is 2.81. The number of nitrogens with one attached hydrogen (secondary N) is 2. The minimum absolute atomic E-state index is 0.344. The van der Waals surface area contributed by atoms with Gasteiger partial charge in [0.2, 0.25) is 0 Å². The van der Waals surface area contributed by atoms with Crippen LogP contribution >= 0.6 is 0 Å². The average molecular weight is 300 g/mol. The summed E-state index contributed by atoms with van der Waals surface area (Å²) in [4.78, 5) is 12.1. The monoisotopic (exact) mass is 300 g/mol. The number of hydrogen-bond acceptors (Lipinski definition) is 2. The van der Waals surface area contributed by atoms with Crippen molar-refractivity contribution in [2.24, 2.45) is 0 Å². The Labute approximate surface area is 128 Å². The van der Waals surface area contributed by atoms with E-state index in [-0.39, 0.29) is 5.82 Å². The number of aliphatic hydroxyl groups is 1. The van der Waals surface area contributed by atoms with Gasteiger partial charge in [-0.05, 0) is 41.8 Å². The minimum atomic E-state index is -0.641. The minimum Gasteiger partial charge on any atom is -0.390 e. The number of rotatable bonds is 2. The lowest BCUT2D eigenvalue weighted by Gasteiger charge is -2.19. The summed E-state index contributed by atoms with van der Waals surface area (Å²) in [6.45, 7) is 1.72. The van der Waals surface area contributed by atoms with Gasteiger partial charge in [-0.15, -0.1) is 0 Å². The van der Waals surface area contributed by atoms with E-state index in [1.165, 1.54) is 18.2 Å². The van der Waals surface area contributed by atoms with Crippen molar-refractivity contribution >= 4 is 11.7 Å². The Morgan fingerprint density at radius 3 is 2.82 bits per heavy atom. The summed E-state index contributed by atoms with van der Waals surface area (Å²) in [7, 11) is 0. The van der Waals surface area contributed by atoms with Crippen molar-refractivity contribution in [2.45, 2.75) is 25.5 Å². The smallest absolute Gasteiger partial charge is 0.319 e. The lowest BCUT2D eigenvalue weighted by atomic mass is 10.1. The van der Waals surface area contributed by atoms with Crippen LogP contribution in [0.15, 0.2) is 42.5 Å². The first-order chi connectivity index (χ1) is 10.5. The van der Waals surface area contributed by atoms with Crippen LogP contribution in [0.3, 0.4) is 0 Å². The fourth-order valence-electron chi connectivity index (χ4n) is 2.81. The molecule has 22 heavy (non-hydrogen) atoms. The van der Waals surface area contributed by atoms with Gasteiger partial charge in [-0.3, -0.25) is 0 Å². The third-order valence-corrected chi connectivity index (χ3v) is 3.93. The summed E-state index contributed by atoms with van der Waals surface area (Å²) in [5, 5.41) is 15.6. The molecule has 1 aliphatic rings. The lowest BCUT2D eigenvalue weighted by Crippen LogP contribution is -2.36. The van der Waals surface area contributed by atoms with Crippen molar-refractivity contribution in [3.63, 3.8) is 0 Å². The van der Waals surface area contributed by atoms with Crippen LogP contribution in [0.4, 0.5) is 14.9 Å². The van der Waals surface area contributed by atoms with E-state index >= 15 is 0 Å². The van der Waals surface area contributed by atoms with Crippen molar-refractivity contribution in [3.05, 3.63) is 65.0 Å². The highest BCUT2D eigenvalue weighted by Gasteiger charge is 2.31. The Kier molecular flexibility index (Phi) is 3.81. The van der Waals surface area contributed by atoms with E-state index in [1.807, 2.05) is 24.3 Å². The van der Waals surface area contributed by atoms with Crippen molar-refractivity contribution in [1.82, 2.24) is 5.32 Å². The summed E-state index contributed by atoms with van der Waals surface area (Å²) in [6, 6.07) is 11.0. The van der Waals surface area contributed by atoms with Crippen LogP contribution in [0.1, 0.15) is 22.7 Å². The molecule has 5 heteroatoms. The third-order valence-electron chi connectivity index (χ3n) is 3.93. The summed E-state index contributed by atoms with van der Waals surface area (Å²) >= 11 is 0. The summed E-state index contributed by atoms with van der Waals surface area (Å²) in [6.07, 6.45) is -0.117. The highest BCUT2D eigenvalue weighted by atomic mass is 19.1. The molecule has 0 spiro atoms. The SMILES string of the molecule is Cc1cc(F)ccc1NC(=O)N[C@H]1c2ccccc2C[C@H]1O. The Morgan fingerprint density at radius 2 is 2.05 bits per heavy atom. The van der Waals surface area contributed by atoms with Gasteiger partial charge in [0.1, 0.15) is 5.82 Å². The van der Waals surface area contributed by atoms with Gasteiger partial charge in [-0.2, -0.15) is 0 Å². The molecule has 0 heterocycles. The largest absolute Gasteiger partial charge is 0.390 e. The molecule has 4 nitrogen and oxygen atoms in total. The highest BCUT2D eigenvalue weighted by molar-refractivity contribution is 5.90. The van der Waals surface area contributed by atoms with Crippen LogP contribution in [-0.4, -0.2) is 17.2 Å². The van der Waals surface area contributed by atoms with Gasteiger partial charge in [-0.1, -0.05) is 24.3 Å². The number of anilines is 1. The molecular weight excluding hydrogens is 283 g/mol. The molecule has 114 valence electrons. The maximum atomic E-state index is 13.1. The van der Waals surface area contributed by atoms with Crippen molar-refractivity contribution in [2.75, 3.05) is 5.32 Å². The Morgan fingerprint density at radius 1 is 1.27 bits per heavy atom. The molecule has 0 bridgehead atoms. The standard InChI is InChI=1S/C17H17FN2O2/c1-10-8-12(18)6-7-14(10)19-17(22)20-16-13-5-3-2-4-11(13)9-15(16)21/h2-8,15-16,21H,9H2,1H3,(H2,19,20,22)/t15-,16+/m1/s1. The number of fused-ring (bicyclic) bond motifs is 1. The van der Waals surface area contributed by atoms with Crippen LogP contribution in [0.5, 0.6) is 0 Å². The molecule has 2 aromatic rings. The van der Waals surface area contributed by atoms with E-state index in [0.717, 1.165) is 11.1 Å². The first-order valence-corrected chi connectivity index (χ1v) is 7.14. The van der Waals surface area contributed by atoms with Crippen LogP contribution < -0.4 is 10.6 Å². The first kappa shape index (κ1) is 14.5. The maximum Gasteiger partial charge on any atom is 0.319 e. The van der Waals surface area contributed by atoms with Crippen LogP contribution in [0, 0.1) is 12.7 Å². The summed E-state index contributed by atoms with van der Waals surface area (Å²) in [5.41, 5.74) is 3.15. The molecule has 0 unspecified atom stereocenters. The van der Waals surface area contributed by atoms with E-state index in [0.29, 0.717) is 17.7 Å². The highest BCUT2D eigenvalue weighted by Crippen LogP contribution is 2.31. The number of amides is 2. The fraction of sp³-hybridized carbons (Fsp3) is 0.235. The number of urea groups is 1. The van der Waals surface area contributed by atoms with Gasteiger partial charge in [0.05, 0.1) is 12.1 Å². The number of carbonyl (C=O) groups excluding carboxylic acids is 1. The molecule has 0 saturated heterocycles. The first-order valence-electron chi connectivity index (χ1n) is 7.14. The number of aryl methyl sites for hydroxylation is 1. The zero-order valence-electron chi connectivity index (χ0n) is 12.1. The second-order valence-corrected chi connectivity index (χ2v) is 5.51. The topological polar surface area (TPSA) is 61.4 Å². The molecule has 1 aliphatic carbocycles. The second kappa shape index (κ2) is 5.77. The van der Waals surface area contributed by atoms with E-state index in [4.69, 9.17) is 0 Å². The zero-order chi connectivity index (χ0) is 15.7. The third kappa shape index (κ3) is 2.80. The molecule has 2 aromatic carbocycles. The van der Waals surface area contributed by atoms with Gasteiger partial charge in [0, 0.05) is 12.1 Å². The van der Waals surface area contributed by atoms with Crippen molar-refractivity contribution in [3.8, 4) is 0 Å². The number of benzene rings is 2. The molecule has 0 aromatic heterocycles. The normalized spacial score (nSPS) is 19.6. The predicted octanol–water partition coefficient (Wildman–Crippen LogP) is 2.91. The van der Waals surface area contributed by atoms with E-state index in [1.54, 1.807) is 6.92 Å². The van der Waals surface area contributed by atoms with Crippen LogP contribution in [0.2, 0.25) is 0 Å². The van der Waals surface area contributed by atoms with E-state index in [9.17, 15) is 14.3 Å². The van der Waals surface area contributed by atoms with Crippen molar-refractivity contribution < 1.29 is 14.3 Å². The molecule has 0 aliphatic heterocycles. The summed E-state index contributed by atoms with van der Waals surface area (Å²) < 4.78 is 13.1. The van der Waals surface area contributed by atoms with Gasteiger partial charge >= 0.3 is 6.03 Å². The van der Waals surface area contributed by atoms with Gasteiger partial charge in [-0.25, -0.2) is 9.18 Å². The molecule has 3 N–H and O–H groups in total. The van der Waals surface area contributed by atoms with E-state index < -0.39 is 18.2 Å². The molecule has 0 fully saturated rings. The Balaban J connectivity index is 1.72. The second-order valence-electron chi connectivity index (χ2n) is 5.51. The summed E-state index contributed by atoms with van der Waals surface area (Å²) in [5.74, 6) is -0.344. The van der Waals surface area contributed by atoms with Gasteiger partial charge in [0.25, 0.3) is 0 Å². The number of carbonyl (C=O) groups is 1. The van der Waals surface area contributed by atoms with Crippen molar-refractivity contribution in [1.29, 1.82) is 0 Å². The van der Waals surface area contributed by atoms with E-state index in [2.05, 4.69) is 10.6 Å². The Bertz CT molecular complexity index is 718. The molecule has 3 rings (SSSR count). The van der Waals surface area contributed by atoms with Gasteiger partial charge in [0.15, 0.2) is 0 Å². The zero-order valence-corrected chi connectivity index (χ0v) is 12.1. The number of aliphatic hydroxyl groups excluding tert-OH is 1. The molecule has 2 amide bonds. The molecular formula is C17H17FN2O2. The van der Waals surface area contributed by atoms with Crippen LogP contribution in [0.25, 0.3) is 0 Å². The average Bonchev–Trinajstić information content (AvgIpc) is 2.78. The Hall–Kier alpha value is -2.40.